The van der Waals surface area contributed by atoms with Crippen LogP contribution in [0.1, 0.15) is 45.4 Å². The molecule has 0 atom stereocenters. The molecule has 0 aromatic carbocycles. The van der Waals surface area contributed by atoms with Crippen LogP contribution < -0.4 is 5.32 Å². The molecule has 96 valence electrons. The van der Waals surface area contributed by atoms with Gasteiger partial charge in [0.25, 0.3) is 0 Å². The number of unbranched alkanes of at least 4 members (excludes halogenated alkanes) is 3. The van der Waals surface area contributed by atoms with Gasteiger partial charge < -0.3 is 10.1 Å². The van der Waals surface area contributed by atoms with Crippen molar-refractivity contribution in [1.29, 1.82) is 0 Å². The maximum absolute atomic E-state index is 5.54. The lowest BCUT2D eigenvalue weighted by molar-refractivity contribution is -0.00975. The van der Waals surface area contributed by atoms with E-state index in [2.05, 4.69) is 18.5 Å². The van der Waals surface area contributed by atoms with E-state index in [0.29, 0.717) is 6.10 Å². The summed E-state index contributed by atoms with van der Waals surface area (Å²) in [6.45, 7) is 4.14. The molecule has 16 heavy (non-hydrogen) atoms. The normalized spacial score (nSPS) is 24.4. The van der Waals surface area contributed by atoms with E-state index in [1.54, 1.807) is 0 Å². The van der Waals surface area contributed by atoms with E-state index in [0.717, 1.165) is 12.6 Å². The average Bonchev–Trinajstić information content (AvgIpc) is 2.24. The van der Waals surface area contributed by atoms with Crippen LogP contribution in [0.2, 0.25) is 0 Å². The Kier molecular flexibility index (Phi) is 8.34. The fraction of sp³-hybridized carbons (Fsp3) is 1.00. The smallest absolute Gasteiger partial charge is 0.0604 e. The van der Waals surface area contributed by atoms with Gasteiger partial charge in [-0.1, -0.05) is 12.8 Å². The number of ether oxygens (including phenoxy) is 1. The van der Waals surface area contributed by atoms with Gasteiger partial charge in [-0.25, -0.2) is 0 Å². The van der Waals surface area contributed by atoms with Crippen LogP contribution in [0.15, 0.2) is 0 Å². The van der Waals surface area contributed by atoms with E-state index in [9.17, 15) is 0 Å². The van der Waals surface area contributed by atoms with Crippen molar-refractivity contribution in [2.75, 3.05) is 25.2 Å². The predicted molar refractivity (Wildman–Crippen MR) is 73.3 cm³/mol. The van der Waals surface area contributed by atoms with Gasteiger partial charge in [-0.2, -0.15) is 11.8 Å². The highest BCUT2D eigenvalue weighted by molar-refractivity contribution is 7.98. The van der Waals surface area contributed by atoms with Crippen LogP contribution in [0.4, 0.5) is 0 Å². The zero-order chi connectivity index (χ0) is 11.6. The molecule has 0 bridgehead atoms. The average molecular weight is 245 g/mol. The van der Waals surface area contributed by atoms with Crippen molar-refractivity contribution in [3.8, 4) is 0 Å². The molecule has 1 saturated carbocycles. The van der Waals surface area contributed by atoms with Gasteiger partial charge in [0.15, 0.2) is 0 Å². The SMILES string of the molecule is CCOC1CC(NCCCCCCSC)C1. The zero-order valence-corrected chi connectivity index (χ0v) is 11.7. The lowest BCUT2D eigenvalue weighted by Crippen LogP contribution is -2.45. The van der Waals surface area contributed by atoms with E-state index in [4.69, 9.17) is 4.74 Å². The summed E-state index contributed by atoms with van der Waals surface area (Å²) in [7, 11) is 0. The molecule has 1 fully saturated rings. The number of hydrogen-bond acceptors (Lipinski definition) is 3. The fourth-order valence-corrected chi connectivity index (χ4v) is 2.63. The highest BCUT2D eigenvalue weighted by Gasteiger charge is 2.28. The monoisotopic (exact) mass is 245 g/mol. The van der Waals surface area contributed by atoms with Gasteiger partial charge in [-0.3, -0.25) is 0 Å². The summed E-state index contributed by atoms with van der Waals surface area (Å²) in [4.78, 5) is 0. The van der Waals surface area contributed by atoms with E-state index < -0.39 is 0 Å². The molecule has 0 aromatic heterocycles. The Balaban J connectivity index is 1.76. The van der Waals surface area contributed by atoms with Gasteiger partial charge in [0.05, 0.1) is 6.10 Å². The van der Waals surface area contributed by atoms with Crippen molar-refractivity contribution >= 4 is 11.8 Å². The molecule has 0 radical (unpaired) electrons. The molecule has 0 spiro atoms. The van der Waals surface area contributed by atoms with Crippen LogP contribution in [0.3, 0.4) is 0 Å². The van der Waals surface area contributed by atoms with Gasteiger partial charge in [0, 0.05) is 12.6 Å². The lowest BCUT2D eigenvalue weighted by atomic mass is 9.89. The zero-order valence-electron chi connectivity index (χ0n) is 10.8. The second kappa shape index (κ2) is 9.32. The minimum absolute atomic E-state index is 0.545. The molecule has 1 rings (SSSR count). The van der Waals surface area contributed by atoms with Crippen molar-refractivity contribution in [2.24, 2.45) is 0 Å². The third-order valence-corrected chi connectivity index (χ3v) is 3.90. The molecule has 1 aliphatic rings. The quantitative estimate of drug-likeness (QED) is 0.598. The van der Waals surface area contributed by atoms with E-state index in [1.165, 1.54) is 50.8 Å². The van der Waals surface area contributed by atoms with Crippen molar-refractivity contribution in [3.63, 3.8) is 0 Å². The van der Waals surface area contributed by atoms with Crippen molar-refractivity contribution in [3.05, 3.63) is 0 Å². The maximum atomic E-state index is 5.54. The first-order valence-corrected chi connectivity index (χ1v) is 8.10. The molecular formula is C13H27NOS. The van der Waals surface area contributed by atoms with Crippen LogP contribution in [-0.4, -0.2) is 37.3 Å². The van der Waals surface area contributed by atoms with E-state index >= 15 is 0 Å². The van der Waals surface area contributed by atoms with Gasteiger partial charge in [-0.05, 0) is 51.2 Å². The van der Waals surface area contributed by atoms with Gasteiger partial charge in [0.1, 0.15) is 0 Å². The largest absolute Gasteiger partial charge is 0.378 e. The maximum Gasteiger partial charge on any atom is 0.0604 e. The Labute approximate surface area is 105 Å². The van der Waals surface area contributed by atoms with Crippen LogP contribution >= 0.6 is 11.8 Å². The number of rotatable bonds is 10. The first-order chi connectivity index (χ1) is 7.86. The van der Waals surface area contributed by atoms with Gasteiger partial charge >= 0.3 is 0 Å². The number of hydrogen-bond donors (Lipinski definition) is 1. The van der Waals surface area contributed by atoms with Crippen LogP contribution in [0, 0.1) is 0 Å². The summed E-state index contributed by atoms with van der Waals surface area (Å²) in [5.74, 6) is 1.33. The Morgan fingerprint density at radius 2 is 1.94 bits per heavy atom. The first-order valence-electron chi connectivity index (χ1n) is 6.70. The highest BCUT2D eigenvalue weighted by atomic mass is 32.2. The number of thioether (sulfide) groups is 1. The summed E-state index contributed by atoms with van der Waals surface area (Å²) < 4.78 is 5.54. The molecule has 2 nitrogen and oxygen atoms in total. The minimum Gasteiger partial charge on any atom is -0.378 e. The topological polar surface area (TPSA) is 21.3 Å². The van der Waals surface area contributed by atoms with Crippen molar-refractivity contribution in [2.45, 2.75) is 57.6 Å². The van der Waals surface area contributed by atoms with Crippen LogP contribution in [0.25, 0.3) is 0 Å². The molecular weight excluding hydrogens is 218 g/mol. The molecule has 0 heterocycles. The minimum atomic E-state index is 0.545. The molecule has 0 aliphatic heterocycles. The standard InChI is InChI=1S/C13H27NOS/c1-3-15-13-10-12(11-13)14-8-6-4-5-7-9-16-2/h12-14H,3-11H2,1-2H3. The molecule has 3 heteroatoms. The highest BCUT2D eigenvalue weighted by Crippen LogP contribution is 2.23. The summed E-state index contributed by atoms with van der Waals surface area (Å²) in [6, 6.07) is 0.739. The molecule has 0 unspecified atom stereocenters. The second-order valence-corrected chi connectivity index (χ2v) is 5.59. The number of nitrogens with one attached hydrogen (secondary N) is 1. The summed E-state index contributed by atoms with van der Waals surface area (Å²) >= 11 is 1.96. The fourth-order valence-electron chi connectivity index (χ4n) is 2.14. The van der Waals surface area contributed by atoms with Crippen LogP contribution in [-0.2, 0) is 4.74 Å². The second-order valence-electron chi connectivity index (χ2n) is 4.61. The predicted octanol–water partition coefficient (Wildman–Crippen LogP) is 3.07. The molecule has 1 N–H and O–H groups in total. The van der Waals surface area contributed by atoms with Crippen LogP contribution in [0.5, 0.6) is 0 Å². The first kappa shape index (κ1) is 14.3. The van der Waals surface area contributed by atoms with E-state index in [-0.39, 0.29) is 0 Å². The Hall–Kier alpha value is 0.270. The molecule has 0 saturated heterocycles. The lowest BCUT2D eigenvalue weighted by Gasteiger charge is -2.35. The van der Waals surface area contributed by atoms with Crippen molar-refractivity contribution in [1.82, 2.24) is 5.32 Å². The Morgan fingerprint density at radius 1 is 1.19 bits per heavy atom. The summed E-state index contributed by atoms with van der Waals surface area (Å²) in [5.41, 5.74) is 0. The Bertz CT molecular complexity index is 160. The van der Waals surface area contributed by atoms with Crippen molar-refractivity contribution < 1.29 is 4.74 Å². The van der Waals surface area contributed by atoms with Gasteiger partial charge in [0.2, 0.25) is 0 Å². The molecule has 0 amide bonds. The molecule has 0 aromatic rings. The summed E-state index contributed by atoms with van der Waals surface area (Å²) in [5, 5.41) is 3.61. The Morgan fingerprint density at radius 3 is 2.62 bits per heavy atom. The van der Waals surface area contributed by atoms with E-state index in [1.807, 2.05) is 11.8 Å². The summed E-state index contributed by atoms with van der Waals surface area (Å²) in [6.07, 6.45) is 10.7. The molecule has 1 aliphatic carbocycles. The van der Waals surface area contributed by atoms with Gasteiger partial charge in [-0.15, -0.1) is 0 Å². The third-order valence-electron chi connectivity index (χ3n) is 3.21. The third kappa shape index (κ3) is 6.12.